The standard InChI is InChI=1S/C20H29BFNO2/c1-14-10-8-6-7-9-11-15-12-16(13-17(22)18(15)23-14)21-24-19(2,3)20(4,5)25-21/h12-13H,6-11H2,1-5H3. The van der Waals surface area contributed by atoms with Gasteiger partial charge in [0.1, 0.15) is 11.5 Å². The van der Waals surface area contributed by atoms with Gasteiger partial charge in [-0.1, -0.05) is 18.9 Å². The molecule has 5 heteroatoms. The van der Waals surface area contributed by atoms with Gasteiger partial charge < -0.3 is 9.31 Å². The molecule has 3 rings (SSSR count). The van der Waals surface area contributed by atoms with Crippen LogP contribution in [0.2, 0.25) is 0 Å². The van der Waals surface area contributed by atoms with Crippen molar-refractivity contribution in [2.75, 3.05) is 0 Å². The topological polar surface area (TPSA) is 30.8 Å². The highest BCUT2D eigenvalue weighted by molar-refractivity contribution is 6.62. The Morgan fingerprint density at radius 3 is 2.20 bits per heavy atom. The summed E-state index contributed by atoms with van der Waals surface area (Å²) in [4.78, 5) is 4.59. The Balaban J connectivity index is 1.97. The van der Waals surface area contributed by atoms with E-state index in [-0.39, 0.29) is 5.82 Å². The average molecular weight is 345 g/mol. The summed E-state index contributed by atoms with van der Waals surface area (Å²) in [6.07, 6.45) is 6.37. The van der Waals surface area contributed by atoms with E-state index in [1.165, 1.54) is 18.9 Å². The molecule has 0 radical (unpaired) electrons. The molecule has 3 nitrogen and oxygen atoms in total. The van der Waals surface area contributed by atoms with Gasteiger partial charge in [-0.05, 0) is 77.4 Å². The van der Waals surface area contributed by atoms with Crippen molar-refractivity contribution in [3.63, 3.8) is 0 Å². The van der Waals surface area contributed by atoms with E-state index >= 15 is 0 Å². The predicted octanol–water partition coefficient (Wildman–Crippen LogP) is 4.72. The number of aliphatic imine (C=N–C) groups is 1. The number of fused-ring (bicyclic) bond motifs is 1. The summed E-state index contributed by atoms with van der Waals surface area (Å²) in [5, 5.41) is 0. The van der Waals surface area contributed by atoms with Gasteiger partial charge in [0.05, 0.1) is 11.2 Å². The van der Waals surface area contributed by atoms with Crippen LogP contribution >= 0.6 is 0 Å². The molecule has 1 saturated heterocycles. The van der Waals surface area contributed by atoms with E-state index in [1.807, 2.05) is 40.7 Å². The van der Waals surface area contributed by atoms with Gasteiger partial charge in [0.25, 0.3) is 0 Å². The second kappa shape index (κ2) is 6.84. The summed E-state index contributed by atoms with van der Waals surface area (Å²) < 4.78 is 27.1. The molecule has 0 aromatic heterocycles. The van der Waals surface area contributed by atoms with Gasteiger partial charge in [-0.25, -0.2) is 4.39 Å². The number of nitrogens with zero attached hydrogens (tertiary/aromatic N) is 1. The highest BCUT2D eigenvalue weighted by Crippen LogP contribution is 2.37. The first kappa shape index (κ1) is 18.6. The molecular weight excluding hydrogens is 316 g/mol. The third kappa shape index (κ3) is 3.82. The van der Waals surface area contributed by atoms with Crippen molar-refractivity contribution >= 4 is 24.0 Å². The Kier molecular flexibility index (Phi) is 5.09. The van der Waals surface area contributed by atoms with E-state index < -0.39 is 18.3 Å². The maximum Gasteiger partial charge on any atom is 0.494 e. The maximum atomic E-state index is 14.9. The lowest BCUT2D eigenvalue weighted by molar-refractivity contribution is 0.00578. The van der Waals surface area contributed by atoms with Gasteiger partial charge in [0.15, 0.2) is 0 Å². The van der Waals surface area contributed by atoms with Crippen molar-refractivity contribution in [1.29, 1.82) is 0 Å². The molecule has 136 valence electrons. The normalized spacial score (nSPS) is 23.1. The molecule has 0 N–H and O–H groups in total. The molecule has 0 amide bonds. The predicted molar refractivity (Wildman–Crippen MR) is 102 cm³/mol. The van der Waals surface area contributed by atoms with E-state index in [4.69, 9.17) is 9.31 Å². The Bertz CT molecular complexity index is 669. The quantitative estimate of drug-likeness (QED) is 0.690. The van der Waals surface area contributed by atoms with Crippen molar-refractivity contribution in [3.8, 4) is 0 Å². The zero-order valence-electron chi connectivity index (χ0n) is 16.1. The monoisotopic (exact) mass is 345 g/mol. The molecule has 0 bridgehead atoms. The SMILES string of the molecule is CC1=Nc2c(F)cc(B3OC(C)(C)C(C)(C)O3)cc2CCCCCC1. The van der Waals surface area contributed by atoms with Crippen LogP contribution in [0.25, 0.3) is 0 Å². The molecule has 1 aromatic rings. The Morgan fingerprint density at radius 1 is 0.960 bits per heavy atom. The fourth-order valence-electron chi connectivity index (χ4n) is 3.41. The molecule has 0 atom stereocenters. The molecule has 25 heavy (non-hydrogen) atoms. The maximum absolute atomic E-state index is 14.9. The number of hydrogen-bond donors (Lipinski definition) is 0. The lowest BCUT2D eigenvalue weighted by Crippen LogP contribution is -2.41. The van der Waals surface area contributed by atoms with Crippen molar-refractivity contribution < 1.29 is 13.7 Å². The summed E-state index contributed by atoms with van der Waals surface area (Å²) in [5.41, 5.74) is 2.36. The van der Waals surface area contributed by atoms with E-state index in [9.17, 15) is 4.39 Å². The molecule has 2 heterocycles. The highest BCUT2D eigenvalue weighted by Gasteiger charge is 2.51. The molecule has 1 aromatic carbocycles. The van der Waals surface area contributed by atoms with Crippen LogP contribution in [0.3, 0.4) is 0 Å². The first-order valence-electron chi connectivity index (χ1n) is 9.42. The molecule has 0 spiro atoms. The van der Waals surface area contributed by atoms with Gasteiger partial charge in [-0.2, -0.15) is 0 Å². The van der Waals surface area contributed by atoms with E-state index in [0.717, 1.165) is 42.4 Å². The van der Waals surface area contributed by atoms with Crippen molar-refractivity contribution in [3.05, 3.63) is 23.5 Å². The third-order valence-corrected chi connectivity index (χ3v) is 5.73. The van der Waals surface area contributed by atoms with Crippen LogP contribution in [0, 0.1) is 5.82 Å². The minimum absolute atomic E-state index is 0.276. The molecule has 0 saturated carbocycles. The minimum Gasteiger partial charge on any atom is -0.399 e. The van der Waals surface area contributed by atoms with Gasteiger partial charge in [-0.3, -0.25) is 4.99 Å². The second-order valence-corrected chi connectivity index (χ2v) is 8.36. The van der Waals surface area contributed by atoms with E-state index in [1.54, 1.807) is 0 Å². The van der Waals surface area contributed by atoms with Crippen LogP contribution in [0.15, 0.2) is 17.1 Å². The molecule has 2 aliphatic rings. The molecule has 2 aliphatic heterocycles. The second-order valence-electron chi connectivity index (χ2n) is 8.36. The van der Waals surface area contributed by atoms with Crippen LogP contribution in [0.1, 0.15) is 72.3 Å². The number of halogens is 1. The molecule has 1 fully saturated rings. The van der Waals surface area contributed by atoms with Crippen molar-refractivity contribution in [2.24, 2.45) is 4.99 Å². The lowest BCUT2D eigenvalue weighted by atomic mass is 9.77. The van der Waals surface area contributed by atoms with Gasteiger partial charge >= 0.3 is 7.12 Å². The summed E-state index contributed by atoms with van der Waals surface area (Å²) >= 11 is 0. The lowest BCUT2D eigenvalue weighted by Gasteiger charge is -2.32. The van der Waals surface area contributed by atoms with Crippen LogP contribution in [0.5, 0.6) is 0 Å². The van der Waals surface area contributed by atoms with Crippen molar-refractivity contribution in [2.45, 2.75) is 84.3 Å². The summed E-state index contributed by atoms with van der Waals surface area (Å²) in [6, 6.07) is 3.56. The first-order chi connectivity index (χ1) is 11.7. The Labute approximate surface area is 151 Å². The van der Waals surface area contributed by atoms with Gasteiger partial charge in [-0.15, -0.1) is 0 Å². The number of hydrogen-bond acceptors (Lipinski definition) is 3. The van der Waals surface area contributed by atoms with Crippen molar-refractivity contribution in [1.82, 2.24) is 0 Å². The van der Waals surface area contributed by atoms with Crippen LogP contribution in [0.4, 0.5) is 10.1 Å². The zero-order valence-corrected chi connectivity index (χ0v) is 16.1. The third-order valence-electron chi connectivity index (χ3n) is 5.73. The molecular formula is C20H29BFNO2. The van der Waals surface area contributed by atoms with Gasteiger partial charge in [0, 0.05) is 5.71 Å². The minimum atomic E-state index is -0.537. The van der Waals surface area contributed by atoms with Crippen LogP contribution in [-0.4, -0.2) is 24.0 Å². The largest absolute Gasteiger partial charge is 0.494 e. The number of benzene rings is 1. The van der Waals surface area contributed by atoms with E-state index in [2.05, 4.69) is 4.99 Å². The number of aryl methyl sites for hydroxylation is 1. The Morgan fingerprint density at radius 2 is 1.56 bits per heavy atom. The highest BCUT2D eigenvalue weighted by atomic mass is 19.1. The summed E-state index contributed by atoms with van der Waals surface area (Å²) in [5.74, 6) is -0.276. The Hall–Kier alpha value is -1.20. The van der Waals surface area contributed by atoms with E-state index in [0.29, 0.717) is 5.69 Å². The zero-order chi connectivity index (χ0) is 18.2. The molecule has 0 aliphatic carbocycles. The number of rotatable bonds is 1. The average Bonchev–Trinajstić information content (AvgIpc) is 2.74. The summed E-state index contributed by atoms with van der Waals surface area (Å²) in [6.45, 7) is 10.0. The first-order valence-corrected chi connectivity index (χ1v) is 9.42. The fourth-order valence-corrected chi connectivity index (χ4v) is 3.41. The smallest absolute Gasteiger partial charge is 0.399 e. The van der Waals surface area contributed by atoms with Crippen LogP contribution < -0.4 is 5.46 Å². The fraction of sp³-hybridized carbons (Fsp3) is 0.650. The van der Waals surface area contributed by atoms with Gasteiger partial charge in [0.2, 0.25) is 0 Å². The summed E-state index contributed by atoms with van der Waals surface area (Å²) in [7, 11) is -0.537. The molecule has 0 unspecified atom stereocenters. The van der Waals surface area contributed by atoms with Crippen LogP contribution in [-0.2, 0) is 15.7 Å².